The molecule has 2 aromatic rings. The van der Waals surface area contributed by atoms with Gasteiger partial charge in [-0.25, -0.2) is 4.39 Å². The summed E-state index contributed by atoms with van der Waals surface area (Å²) in [5.74, 6) is -1.41. The molecule has 0 heterocycles. The number of aliphatic carboxylic acids is 1. The molecule has 0 saturated heterocycles. The molecule has 0 aliphatic carbocycles. The third-order valence-electron chi connectivity index (χ3n) is 3.10. The van der Waals surface area contributed by atoms with Crippen molar-refractivity contribution in [1.29, 1.82) is 0 Å². The van der Waals surface area contributed by atoms with Gasteiger partial charge in [0.25, 0.3) is 0 Å². The minimum Gasteiger partial charge on any atom is -0.520 e. The van der Waals surface area contributed by atoms with Crippen molar-refractivity contribution in [1.82, 2.24) is 5.32 Å². The summed E-state index contributed by atoms with van der Waals surface area (Å²) in [6.07, 6.45) is 1.57. The quantitative estimate of drug-likeness (QED) is 0.434. The van der Waals surface area contributed by atoms with E-state index < -0.39 is 12.0 Å². The van der Waals surface area contributed by atoms with Crippen molar-refractivity contribution < 1.29 is 19.1 Å². The summed E-state index contributed by atoms with van der Waals surface area (Å²) in [6, 6.07) is 12.3. The molecule has 6 heteroatoms. The molecule has 1 amide bonds. The van der Waals surface area contributed by atoms with Gasteiger partial charge in [-0.3, -0.25) is 4.79 Å². The fourth-order valence-electron chi connectivity index (χ4n) is 1.98. The smallest absolute Gasteiger partial charge is 0.323 e. The molecule has 0 fully saturated rings. The second kappa shape index (κ2) is 7.19. The minimum atomic E-state index is -1.11. The maximum atomic E-state index is 12.9. The number of halogens is 1. The van der Waals surface area contributed by atoms with Gasteiger partial charge in [-0.1, -0.05) is 36.4 Å². The molecule has 0 aliphatic rings. The van der Waals surface area contributed by atoms with Crippen LogP contribution in [0.4, 0.5) is 4.39 Å². The number of hydrogen-bond acceptors (Lipinski definition) is 2. The summed E-state index contributed by atoms with van der Waals surface area (Å²) in [5.41, 5.74) is 2.55. The Kier molecular flexibility index (Phi) is 5.35. The first-order chi connectivity index (χ1) is 10.1. The molecule has 0 unspecified atom stereocenters. The van der Waals surface area contributed by atoms with Gasteiger partial charge in [0.2, 0.25) is 0 Å². The van der Waals surface area contributed by atoms with Crippen LogP contribution in [0.25, 0.3) is 11.1 Å². The van der Waals surface area contributed by atoms with Crippen LogP contribution in [-0.2, 0) is 16.0 Å². The standard InChI is InChI=1S/C16H13FNO3.Fm/c17-14-7-5-13(6-8-14)12-3-1-11(2-4-12)9-15(16(20)21)18-10-19;/h1-8,15H,9H2,(H,18,19)(H,20,21);/q-1;/t15-;/m0./s1. The van der Waals surface area contributed by atoms with Gasteiger partial charge in [0, 0.05) is 6.42 Å². The largest absolute Gasteiger partial charge is 0.520 e. The van der Waals surface area contributed by atoms with E-state index in [2.05, 4.69) is 5.32 Å². The Morgan fingerprint density at radius 3 is 2.05 bits per heavy atom. The normalized spacial score (nSPS) is 11.1. The summed E-state index contributed by atoms with van der Waals surface area (Å²) in [6.45, 7) is 0. The van der Waals surface area contributed by atoms with Gasteiger partial charge in [0.05, 0.1) is 0 Å². The summed E-state index contributed by atoms with van der Waals surface area (Å²) in [4.78, 5) is 21.2. The monoisotopic (exact) mass is 543 g/mol. The first kappa shape index (κ1) is 16.4. The van der Waals surface area contributed by atoms with Gasteiger partial charge in [-0.2, -0.15) is 6.41 Å². The number of carboxylic acid groups (broad SMARTS) is 1. The fourth-order valence-corrected chi connectivity index (χ4v) is 1.98. The van der Waals surface area contributed by atoms with E-state index >= 15 is 0 Å². The molecule has 0 saturated carbocycles. The van der Waals surface area contributed by atoms with E-state index in [1.165, 1.54) is 18.5 Å². The fraction of sp³-hybridized carbons (Fsp3) is 0.125. The molecule has 0 aliphatic heterocycles. The van der Waals surface area contributed by atoms with Crippen LogP contribution in [0.15, 0.2) is 48.5 Å². The molecule has 120 valence electrons. The number of carbonyl (C=O) groups excluding carboxylic acids is 1. The summed E-state index contributed by atoms with van der Waals surface area (Å²) in [5, 5.41) is 11.1. The zero-order chi connectivity index (χ0) is 15.2. The van der Waals surface area contributed by atoms with Crippen molar-refractivity contribution in [3.8, 4) is 11.1 Å². The zero-order valence-corrected chi connectivity index (χ0v) is 13.7. The molecule has 2 aromatic carbocycles. The molecule has 2 N–H and O–H groups in total. The van der Waals surface area contributed by atoms with Gasteiger partial charge >= 0.3 is 5.97 Å². The van der Waals surface area contributed by atoms with Crippen LogP contribution >= 0.6 is 0 Å². The SMILES string of the molecule is O=[C-]N[C@@H](Cc1ccc(-c2ccc(F)cc2)cc1)C(=O)O.[Fm]. The van der Waals surface area contributed by atoms with Crippen molar-refractivity contribution in [2.75, 3.05) is 0 Å². The van der Waals surface area contributed by atoms with E-state index in [4.69, 9.17) is 5.11 Å². The molecular weight excluding hydrogens is 530 g/mol. The van der Waals surface area contributed by atoms with Crippen LogP contribution < -0.4 is 5.32 Å². The molecule has 0 spiro atoms. The summed E-state index contributed by atoms with van der Waals surface area (Å²) < 4.78 is 12.9. The first-order valence-electron chi connectivity index (χ1n) is 6.30. The predicted octanol–water partition coefficient (Wildman–Crippen LogP) is 2.15. The van der Waals surface area contributed by atoms with E-state index in [9.17, 15) is 14.0 Å². The average molecular weight is 543 g/mol. The third-order valence-corrected chi connectivity index (χ3v) is 3.10. The van der Waals surface area contributed by atoms with Gasteiger partial charge in [0.15, 0.2) is 0 Å². The van der Waals surface area contributed by atoms with Crippen LogP contribution in [0.1, 0.15) is 5.56 Å². The Bertz CT molecular complexity index is 629. The van der Waals surface area contributed by atoms with Gasteiger partial charge < -0.3 is 15.2 Å². The van der Waals surface area contributed by atoms with E-state index in [1.807, 2.05) is 12.1 Å². The Labute approximate surface area is 121 Å². The molecule has 2 rings (SSSR count). The van der Waals surface area contributed by atoms with Crippen molar-refractivity contribution in [2.45, 2.75) is 12.5 Å². The molecular formula is C16H13FFmNO3-. The van der Waals surface area contributed by atoms with E-state index in [0.717, 1.165) is 16.7 Å². The summed E-state index contributed by atoms with van der Waals surface area (Å²) in [7, 11) is 0. The topological polar surface area (TPSA) is 66.4 Å². The van der Waals surface area contributed by atoms with E-state index in [1.54, 1.807) is 24.3 Å². The minimum absolute atomic E-state index is 0. The number of nitrogens with one attached hydrogen (secondary N) is 1. The van der Waals surface area contributed by atoms with Crippen LogP contribution in [0.5, 0.6) is 0 Å². The molecule has 4 nitrogen and oxygen atoms in total. The Balaban J connectivity index is 0.00000242. The first-order valence-corrected chi connectivity index (χ1v) is 6.30. The van der Waals surface area contributed by atoms with Gasteiger partial charge in [-0.15, -0.1) is 0 Å². The maximum absolute atomic E-state index is 12.9. The number of amides is 1. The van der Waals surface area contributed by atoms with Crippen molar-refractivity contribution in [2.24, 2.45) is 0 Å². The van der Waals surface area contributed by atoms with Crippen LogP contribution in [0.2, 0.25) is 0 Å². The third kappa shape index (κ3) is 3.90. The van der Waals surface area contributed by atoms with Crippen LogP contribution in [-0.4, -0.2) is 23.5 Å². The Morgan fingerprint density at radius 1 is 1.09 bits per heavy atom. The predicted molar refractivity (Wildman–Crippen MR) is 75.8 cm³/mol. The number of benzene rings is 2. The number of carbonyl (C=O) groups is 1. The van der Waals surface area contributed by atoms with Crippen molar-refractivity contribution >= 4 is 12.4 Å². The number of rotatable bonds is 6. The molecule has 1 atom stereocenters. The molecule has 0 bridgehead atoms. The second-order valence-corrected chi connectivity index (χ2v) is 4.55. The molecule has 0 aromatic heterocycles. The maximum Gasteiger partial charge on any atom is 0.323 e. The van der Waals surface area contributed by atoms with Crippen molar-refractivity contribution in [3.63, 3.8) is 0 Å². The number of hydrogen-bond donors (Lipinski definition) is 2. The molecule has 0 radical (unpaired) electrons. The molecule has 22 heavy (non-hydrogen) atoms. The second-order valence-electron chi connectivity index (χ2n) is 4.55. The van der Waals surface area contributed by atoms with Crippen molar-refractivity contribution in [3.05, 3.63) is 59.9 Å². The average Bonchev–Trinajstić information content (AvgIpc) is 2.48. The van der Waals surface area contributed by atoms with E-state index in [0.29, 0.717) is 0 Å². The Hall–Kier alpha value is -3.69. The van der Waals surface area contributed by atoms with Crippen LogP contribution in [0, 0.1) is 5.82 Å². The summed E-state index contributed by atoms with van der Waals surface area (Å²) >= 11 is 0. The number of carboxylic acids is 1. The zero-order valence-electron chi connectivity index (χ0n) is 11.3. The van der Waals surface area contributed by atoms with E-state index in [-0.39, 0.29) is 12.2 Å². The van der Waals surface area contributed by atoms with Crippen LogP contribution in [0.3, 0.4) is 0 Å². The Morgan fingerprint density at radius 2 is 1.59 bits per heavy atom. The van der Waals surface area contributed by atoms with Gasteiger partial charge in [0.1, 0.15) is 11.9 Å². The van der Waals surface area contributed by atoms with Gasteiger partial charge in [-0.05, 0) is 28.8 Å².